The van der Waals surface area contributed by atoms with Crippen LogP contribution in [0.25, 0.3) is 22.3 Å². The van der Waals surface area contributed by atoms with Crippen molar-refractivity contribution in [2.45, 2.75) is 116 Å². The number of hydrogen-bond acceptors (Lipinski definition) is 14. The first-order valence-corrected chi connectivity index (χ1v) is 24.8. The number of benzene rings is 2. The molecular formula is C53H56FN7O14. The van der Waals surface area contributed by atoms with E-state index in [1.165, 1.54) is 10.6 Å². The van der Waals surface area contributed by atoms with E-state index < -0.39 is 132 Å². The molecule has 2 aromatic carbocycles. The topological polar surface area (TPSA) is 307 Å². The van der Waals surface area contributed by atoms with Crippen molar-refractivity contribution in [2.24, 2.45) is 11.8 Å². The highest BCUT2D eigenvalue weighted by Gasteiger charge is 2.46. The molecule has 1 saturated heterocycles. The Morgan fingerprint density at radius 3 is 2.36 bits per heavy atom. The first-order valence-electron chi connectivity index (χ1n) is 24.8. The molecule has 0 bridgehead atoms. The third kappa shape index (κ3) is 11.0. The molecule has 1 aliphatic carbocycles. The summed E-state index contributed by atoms with van der Waals surface area (Å²) >= 11 is 0. The van der Waals surface area contributed by atoms with Gasteiger partial charge in [0.05, 0.1) is 60.6 Å². The molecule has 5 heterocycles. The van der Waals surface area contributed by atoms with Gasteiger partial charge in [0, 0.05) is 73.1 Å². The van der Waals surface area contributed by atoms with E-state index in [4.69, 9.17) is 9.72 Å². The maximum absolute atomic E-state index is 15.5. The molecule has 6 amide bonds. The number of imide groups is 1. The first kappa shape index (κ1) is 53.3. The fraction of sp³-hybridized carbons (Fsp3) is 0.434. The predicted molar refractivity (Wildman–Crippen MR) is 261 cm³/mol. The van der Waals surface area contributed by atoms with Crippen molar-refractivity contribution in [2.75, 3.05) is 19.6 Å². The number of likely N-dealkylation sites (tertiary alicyclic amines) is 1. The van der Waals surface area contributed by atoms with Crippen molar-refractivity contribution in [1.82, 2.24) is 35.7 Å². The largest absolute Gasteiger partial charge is 0.481 e. The predicted octanol–water partition coefficient (Wildman–Crippen LogP) is 1.78. The number of halogens is 1. The zero-order chi connectivity index (χ0) is 54.0. The molecule has 5 atom stereocenters. The van der Waals surface area contributed by atoms with Crippen molar-refractivity contribution in [1.29, 1.82) is 0 Å². The highest BCUT2D eigenvalue weighted by atomic mass is 19.1. The smallest absolute Gasteiger partial charge is 0.343 e. The van der Waals surface area contributed by atoms with Gasteiger partial charge in [0.1, 0.15) is 12.4 Å². The Labute approximate surface area is 427 Å². The number of pyridine rings is 2. The van der Waals surface area contributed by atoms with Gasteiger partial charge >= 0.3 is 11.9 Å². The SMILES string of the molecule is CC[C@@]1(O)C(=O)OCc2c1cc1n(c2=O)Cc2c-1nc1cc(F)c(C)c3c1c2[C@@H](NC(=O)CNC(=O)[C@@H](CC(=O)CNC(=O)CCC(=O)[C@H](CC(=O)O)NC(=O)CCN1C(=O)CC(C)C1=O)Cc1ccccc1)CC3. The first-order chi connectivity index (χ1) is 35.7. The number of fused-ring (bicyclic) bond motifs is 5. The number of amides is 6. The lowest BCUT2D eigenvalue weighted by Crippen LogP contribution is -2.44. The number of carboxylic acids is 1. The number of aliphatic carboxylic acids is 1. The van der Waals surface area contributed by atoms with Gasteiger partial charge in [-0.3, -0.25) is 52.8 Å². The quantitative estimate of drug-likeness (QED) is 0.0451. The molecule has 22 heteroatoms. The number of nitrogens with one attached hydrogen (secondary N) is 4. The summed E-state index contributed by atoms with van der Waals surface area (Å²) < 4.78 is 22.1. The molecule has 1 unspecified atom stereocenters. The molecule has 0 radical (unpaired) electrons. The minimum atomic E-state index is -2.08. The number of carbonyl (C=O) groups is 10. The van der Waals surface area contributed by atoms with E-state index in [9.17, 15) is 63.0 Å². The van der Waals surface area contributed by atoms with Gasteiger partial charge in [0.15, 0.2) is 17.2 Å². The van der Waals surface area contributed by atoms with Gasteiger partial charge in [0.2, 0.25) is 35.4 Å². The molecule has 3 aliphatic heterocycles. The molecule has 2 aromatic heterocycles. The second-order valence-corrected chi connectivity index (χ2v) is 19.5. The van der Waals surface area contributed by atoms with Crippen LogP contribution < -0.4 is 26.8 Å². The molecule has 0 spiro atoms. The number of ketones is 2. The summed E-state index contributed by atoms with van der Waals surface area (Å²) in [6.07, 6.45) is -1.80. The summed E-state index contributed by atoms with van der Waals surface area (Å²) in [7, 11) is 0. The normalized spacial score (nSPS) is 19.1. The van der Waals surface area contributed by atoms with Crippen molar-refractivity contribution in [3.05, 3.63) is 97.6 Å². The van der Waals surface area contributed by atoms with Crippen LogP contribution in [0.1, 0.15) is 110 Å². The summed E-state index contributed by atoms with van der Waals surface area (Å²) in [5, 5.41) is 31.8. The molecule has 75 heavy (non-hydrogen) atoms. The number of rotatable bonds is 21. The van der Waals surface area contributed by atoms with E-state index in [-0.39, 0.29) is 68.4 Å². The van der Waals surface area contributed by atoms with Crippen LogP contribution >= 0.6 is 0 Å². The van der Waals surface area contributed by atoms with Gasteiger partial charge in [0.25, 0.3) is 5.56 Å². The van der Waals surface area contributed by atoms with Crippen LogP contribution in [0, 0.1) is 24.6 Å². The van der Waals surface area contributed by atoms with E-state index in [1.54, 1.807) is 57.2 Å². The number of hydrogen-bond donors (Lipinski definition) is 6. The van der Waals surface area contributed by atoms with Gasteiger partial charge in [-0.2, -0.15) is 0 Å². The fourth-order valence-electron chi connectivity index (χ4n) is 10.4. The number of carbonyl (C=O) groups excluding carboxylic acids is 9. The molecule has 21 nitrogen and oxygen atoms in total. The van der Waals surface area contributed by atoms with Crippen molar-refractivity contribution >= 4 is 69.9 Å². The Morgan fingerprint density at radius 2 is 1.67 bits per heavy atom. The fourth-order valence-corrected chi connectivity index (χ4v) is 10.4. The molecular weight excluding hydrogens is 978 g/mol. The van der Waals surface area contributed by atoms with Gasteiger partial charge in [-0.1, -0.05) is 44.2 Å². The zero-order valence-electron chi connectivity index (χ0n) is 41.5. The lowest BCUT2D eigenvalue weighted by molar-refractivity contribution is -0.172. The van der Waals surface area contributed by atoms with E-state index in [1.807, 2.05) is 0 Å². The van der Waals surface area contributed by atoms with Crippen LogP contribution in [0.2, 0.25) is 0 Å². The number of aryl methyl sites for hydroxylation is 1. The summed E-state index contributed by atoms with van der Waals surface area (Å²) in [5.74, 6) is -9.30. The van der Waals surface area contributed by atoms with E-state index in [2.05, 4.69) is 21.3 Å². The van der Waals surface area contributed by atoms with Crippen LogP contribution in [0.5, 0.6) is 0 Å². The molecule has 1 fully saturated rings. The molecule has 4 aromatic rings. The van der Waals surface area contributed by atoms with Crippen molar-refractivity contribution in [3.63, 3.8) is 0 Å². The average molecular weight is 1030 g/mol. The van der Waals surface area contributed by atoms with E-state index >= 15 is 4.39 Å². The molecule has 0 saturated carbocycles. The maximum Gasteiger partial charge on any atom is 0.343 e. The average Bonchev–Trinajstić information content (AvgIpc) is 3.91. The summed E-state index contributed by atoms with van der Waals surface area (Å²) in [5.41, 5.74) is 1.56. The molecule has 394 valence electrons. The van der Waals surface area contributed by atoms with Gasteiger partial charge < -0.3 is 40.8 Å². The van der Waals surface area contributed by atoms with Crippen LogP contribution in [0.3, 0.4) is 0 Å². The molecule has 8 rings (SSSR count). The minimum Gasteiger partial charge on any atom is -0.481 e. The lowest BCUT2D eigenvalue weighted by Gasteiger charge is -2.31. The molecule has 6 N–H and O–H groups in total. The van der Waals surface area contributed by atoms with Crippen molar-refractivity contribution < 1.29 is 67.3 Å². The third-order valence-electron chi connectivity index (χ3n) is 14.5. The summed E-state index contributed by atoms with van der Waals surface area (Å²) in [6.45, 7) is 3.21. The van der Waals surface area contributed by atoms with E-state index in [0.717, 1.165) is 4.90 Å². The number of aliphatic hydroxyl groups is 1. The Kier molecular flexibility index (Phi) is 15.5. The number of esters is 1. The number of nitrogens with zero attached hydrogens (tertiary/aromatic N) is 3. The van der Waals surface area contributed by atoms with E-state index in [0.29, 0.717) is 57.4 Å². The lowest BCUT2D eigenvalue weighted by atomic mass is 9.81. The minimum absolute atomic E-state index is 0.00559. The number of ether oxygens (including phenoxy) is 1. The van der Waals surface area contributed by atoms with Crippen LogP contribution in [-0.2, 0) is 84.3 Å². The Bertz CT molecular complexity index is 3160. The number of Topliss-reactive ketones (excluding diaryl/α,β-unsaturated/α-hetero) is 2. The summed E-state index contributed by atoms with van der Waals surface area (Å²) in [6, 6.07) is 9.43. The maximum atomic E-state index is 15.5. The van der Waals surface area contributed by atoms with Gasteiger partial charge in [-0.25, -0.2) is 14.2 Å². The van der Waals surface area contributed by atoms with Crippen LogP contribution in [-0.4, -0.2) is 109 Å². The highest BCUT2D eigenvalue weighted by molar-refractivity contribution is 6.04. The standard InChI is InChI=1S/C53H56FN7O14/c1-4-53(74)34-19-39-48-32(24-61(39)51(72)33(34)25-75-52(53)73)47-36(11-10-31-27(3)35(54)20-38(59-48)46(31)47)57-43(66)23-56-49(70)29(17-28-8-6-5-7-9-28)18-30(62)22-55-41(64)13-12-40(63)37(21-45(68)69)58-42(65)14-15-60-44(67)16-26(2)50(60)71/h5-9,19-20,26,29,36-37,74H,4,10-18,21-25H2,1-3H3,(H,55,64)(H,56,70)(H,57,66)(H,58,65)(H,68,69)/t26?,29-,36+,37+,53+/m1/s1. The van der Waals surface area contributed by atoms with Crippen molar-refractivity contribution in [3.8, 4) is 11.4 Å². The summed E-state index contributed by atoms with van der Waals surface area (Å²) in [4.78, 5) is 148. The Morgan fingerprint density at radius 1 is 0.920 bits per heavy atom. The Hall–Kier alpha value is -8.01. The Balaban J connectivity index is 0.903. The number of carboxylic acid groups (broad SMARTS) is 1. The second-order valence-electron chi connectivity index (χ2n) is 19.5. The third-order valence-corrected chi connectivity index (χ3v) is 14.5. The molecule has 4 aliphatic rings. The highest BCUT2D eigenvalue weighted by Crippen LogP contribution is 2.46. The van der Waals surface area contributed by atoms with Crippen LogP contribution in [0.15, 0.2) is 47.3 Å². The number of cyclic esters (lactones) is 1. The number of aromatic nitrogens is 2. The monoisotopic (exact) mass is 1030 g/mol. The van der Waals surface area contributed by atoms with Crippen LogP contribution in [0.4, 0.5) is 4.39 Å². The van der Waals surface area contributed by atoms with Gasteiger partial charge in [-0.05, 0) is 60.9 Å². The van der Waals surface area contributed by atoms with Gasteiger partial charge in [-0.15, -0.1) is 0 Å². The second kappa shape index (κ2) is 21.8. The zero-order valence-corrected chi connectivity index (χ0v) is 41.5.